The molecular formula is C27H32N6O4S. The van der Waals surface area contributed by atoms with Gasteiger partial charge in [-0.2, -0.15) is 4.98 Å². The number of imidazole rings is 1. The minimum absolute atomic E-state index is 0.0313. The first-order valence-corrected chi connectivity index (χ1v) is 13.3. The number of carbonyl (C=O) groups excluding carboxylic acids is 1. The fourth-order valence-corrected chi connectivity index (χ4v) is 5.65. The Labute approximate surface area is 225 Å². The summed E-state index contributed by atoms with van der Waals surface area (Å²) in [6, 6.07) is 3.47. The van der Waals surface area contributed by atoms with Crippen LogP contribution in [-0.4, -0.2) is 50.6 Å². The SMILES string of the molecule is COc1c(Oc2ccnc(CC(C)=O)c2)cnc2nc(Nc3nc([C@H]4CCOC4)c(C(C)(C)C)s3)n(C)c12. The van der Waals surface area contributed by atoms with E-state index in [2.05, 4.69) is 36.1 Å². The molecule has 0 radical (unpaired) electrons. The number of nitrogens with zero attached hydrogens (tertiary/aromatic N) is 5. The summed E-state index contributed by atoms with van der Waals surface area (Å²) in [5.41, 5.74) is 2.91. The van der Waals surface area contributed by atoms with Gasteiger partial charge < -0.3 is 24.1 Å². The average Bonchev–Trinajstić information content (AvgIpc) is 3.59. The number of nitrogens with one attached hydrogen (secondary N) is 1. The lowest BCUT2D eigenvalue weighted by molar-refractivity contribution is -0.116. The summed E-state index contributed by atoms with van der Waals surface area (Å²) in [4.78, 5) is 31.2. The smallest absolute Gasteiger partial charge is 0.211 e. The van der Waals surface area contributed by atoms with Crippen LogP contribution in [0.5, 0.6) is 17.2 Å². The fourth-order valence-electron chi connectivity index (χ4n) is 4.55. The number of aryl methyl sites for hydroxylation is 1. The fraction of sp³-hybridized carbons (Fsp3) is 0.444. The largest absolute Gasteiger partial charge is 0.491 e. The van der Waals surface area contributed by atoms with E-state index < -0.39 is 0 Å². The summed E-state index contributed by atoms with van der Waals surface area (Å²) < 4.78 is 19.4. The first-order valence-electron chi connectivity index (χ1n) is 12.5. The first kappa shape index (κ1) is 26.1. The molecule has 0 bridgehead atoms. The van der Waals surface area contributed by atoms with Gasteiger partial charge in [-0.15, -0.1) is 11.3 Å². The van der Waals surface area contributed by atoms with E-state index >= 15 is 0 Å². The molecule has 1 fully saturated rings. The number of pyridine rings is 2. The van der Waals surface area contributed by atoms with Gasteiger partial charge in [0.05, 0.1) is 31.3 Å². The van der Waals surface area contributed by atoms with Crippen molar-refractivity contribution in [3.8, 4) is 17.2 Å². The molecule has 4 aromatic rings. The van der Waals surface area contributed by atoms with Crippen molar-refractivity contribution in [2.75, 3.05) is 25.6 Å². The minimum Gasteiger partial charge on any atom is -0.491 e. The Morgan fingerprint density at radius 3 is 2.79 bits per heavy atom. The number of hydrogen-bond donors (Lipinski definition) is 1. The average molecular weight is 537 g/mol. The van der Waals surface area contributed by atoms with Crippen LogP contribution in [0.15, 0.2) is 24.5 Å². The Morgan fingerprint density at radius 1 is 1.29 bits per heavy atom. The molecule has 38 heavy (non-hydrogen) atoms. The van der Waals surface area contributed by atoms with Crippen LogP contribution in [0.2, 0.25) is 0 Å². The van der Waals surface area contributed by atoms with Gasteiger partial charge in [0, 0.05) is 43.1 Å². The second kappa shape index (κ2) is 10.3. The zero-order chi connectivity index (χ0) is 27.0. The third-order valence-corrected chi connectivity index (χ3v) is 7.75. The van der Waals surface area contributed by atoms with E-state index in [9.17, 15) is 4.79 Å². The van der Waals surface area contributed by atoms with Crippen LogP contribution in [0.3, 0.4) is 0 Å². The highest BCUT2D eigenvalue weighted by atomic mass is 32.1. The number of hydrogen-bond acceptors (Lipinski definition) is 10. The maximum Gasteiger partial charge on any atom is 0.211 e. The quantitative estimate of drug-likeness (QED) is 0.320. The molecule has 4 aromatic heterocycles. The van der Waals surface area contributed by atoms with Gasteiger partial charge in [-0.3, -0.25) is 9.78 Å². The second-order valence-electron chi connectivity index (χ2n) is 10.5. The molecule has 1 saturated heterocycles. The first-order chi connectivity index (χ1) is 18.1. The number of aromatic nitrogens is 5. The van der Waals surface area contributed by atoms with Gasteiger partial charge in [0.15, 0.2) is 22.3 Å². The number of anilines is 2. The summed E-state index contributed by atoms with van der Waals surface area (Å²) >= 11 is 1.65. The monoisotopic (exact) mass is 536 g/mol. The molecule has 0 unspecified atom stereocenters. The third-order valence-electron chi connectivity index (χ3n) is 6.34. The standard InChI is InChI=1S/C27H32N6O4S/c1-15(34)11-17-12-18(7-9-28-17)37-19-13-29-24-21(22(19)35-6)33(5)25(31-24)32-26-30-20(16-8-10-36-14-16)23(38-26)27(2,3)4/h7,9,12-13,16H,8,10-11,14H2,1-6H3,(H,29,30,31,32)/t16-/m0/s1. The number of fused-ring (bicyclic) bond motifs is 1. The molecule has 0 saturated carbocycles. The maximum atomic E-state index is 11.5. The number of methoxy groups -OCH3 is 1. The summed E-state index contributed by atoms with van der Waals surface area (Å²) in [7, 11) is 3.48. The lowest BCUT2D eigenvalue weighted by Crippen LogP contribution is -2.14. The van der Waals surface area contributed by atoms with Crippen molar-refractivity contribution in [1.29, 1.82) is 0 Å². The normalized spacial score (nSPS) is 15.7. The van der Waals surface area contributed by atoms with E-state index in [0.29, 0.717) is 52.6 Å². The van der Waals surface area contributed by atoms with Crippen molar-refractivity contribution < 1.29 is 19.0 Å². The molecule has 11 heteroatoms. The highest BCUT2D eigenvalue weighted by Crippen LogP contribution is 2.42. The third kappa shape index (κ3) is 5.21. The van der Waals surface area contributed by atoms with E-state index in [1.165, 1.54) is 11.8 Å². The molecule has 1 aliphatic heterocycles. The number of ketones is 1. The van der Waals surface area contributed by atoms with Crippen LogP contribution in [0, 0.1) is 0 Å². The molecule has 1 aliphatic rings. The summed E-state index contributed by atoms with van der Waals surface area (Å²) in [6.45, 7) is 9.63. The zero-order valence-corrected chi connectivity index (χ0v) is 23.3. The predicted octanol–water partition coefficient (Wildman–Crippen LogP) is 5.30. The molecule has 5 heterocycles. The van der Waals surface area contributed by atoms with E-state index in [-0.39, 0.29) is 17.6 Å². The highest BCUT2D eigenvalue weighted by Gasteiger charge is 2.30. The second-order valence-corrected chi connectivity index (χ2v) is 11.5. The Kier molecular flexibility index (Phi) is 7.06. The van der Waals surface area contributed by atoms with Crippen molar-refractivity contribution in [3.63, 3.8) is 0 Å². The molecule has 0 aliphatic carbocycles. The number of ether oxygens (including phenoxy) is 3. The minimum atomic E-state index is -0.0316. The van der Waals surface area contributed by atoms with Gasteiger partial charge in [0.25, 0.3) is 0 Å². The molecule has 10 nitrogen and oxygen atoms in total. The van der Waals surface area contributed by atoms with Gasteiger partial charge in [-0.25, -0.2) is 9.97 Å². The number of thiazole rings is 1. The van der Waals surface area contributed by atoms with Gasteiger partial charge in [-0.1, -0.05) is 20.8 Å². The maximum absolute atomic E-state index is 11.5. The van der Waals surface area contributed by atoms with Crippen molar-refractivity contribution >= 4 is 39.4 Å². The summed E-state index contributed by atoms with van der Waals surface area (Å²) in [6.07, 6.45) is 4.42. The van der Waals surface area contributed by atoms with Crippen molar-refractivity contribution in [1.82, 2.24) is 24.5 Å². The number of Topliss-reactive ketones (excluding diaryl/α,β-unsaturated/α-hetero) is 1. The number of rotatable bonds is 8. The molecule has 1 atom stereocenters. The highest BCUT2D eigenvalue weighted by molar-refractivity contribution is 7.16. The molecule has 0 spiro atoms. The molecule has 0 aromatic carbocycles. The van der Waals surface area contributed by atoms with Gasteiger partial charge >= 0.3 is 0 Å². The Balaban J connectivity index is 1.47. The van der Waals surface area contributed by atoms with Gasteiger partial charge in [0.1, 0.15) is 17.0 Å². The predicted molar refractivity (Wildman–Crippen MR) is 146 cm³/mol. The lowest BCUT2D eigenvalue weighted by atomic mass is 9.89. The lowest BCUT2D eigenvalue weighted by Gasteiger charge is -2.19. The van der Waals surface area contributed by atoms with Crippen LogP contribution >= 0.6 is 11.3 Å². The Morgan fingerprint density at radius 2 is 2.11 bits per heavy atom. The van der Waals surface area contributed by atoms with Crippen LogP contribution < -0.4 is 14.8 Å². The molecule has 200 valence electrons. The van der Waals surface area contributed by atoms with Crippen LogP contribution in [0.25, 0.3) is 11.2 Å². The van der Waals surface area contributed by atoms with E-state index in [4.69, 9.17) is 24.2 Å². The van der Waals surface area contributed by atoms with Gasteiger partial charge in [-0.05, 0) is 24.8 Å². The van der Waals surface area contributed by atoms with Crippen molar-refractivity contribution in [2.45, 2.75) is 51.9 Å². The van der Waals surface area contributed by atoms with Gasteiger partial charge in [0.2, 0.25) is 5.95 Å². The van der Waals surface area contributed by atoms with Crippen LogP contribution in [0.4, 0.5) is 11.1 Å². The van der Waals surface area contributed by atoms with E-state index in [0.717, 1.165) is 23.9 Å². The Hall–Kier alpha value is -3.57. The topological polar surface area (TPSA) is 113 Å². The van der Waals surface area contributed by atoms with E-state index in [1.54, 1.807) is 43.0 Å². The van der Waals surface area contributed by atoms with Crippen molar-refractivity contribution in [2.24, 2.45) is 7.05 Å². The van der Waals surface area contributed by atoms with E-state index in [1.807, 2.05) is 11.6 Å². The zero-order valence-electron chi connectivity index (χ0n) is 22.5. The molecule has 5 rings (SSSR count). The van der Waals surface area contributed by atoms with Crippen molar-refractivity contribution in [3.05, 3.63) is 40.8 Å². The summed E-state index contributed by atoms with van der Waals surface area (Å²) in [5.74, 6) is 2.41. The molecule has 0 amide bonds. The summed E-state index contributed by atoms with van der Waals surface area (Å²) in [5, 5.41) is 4.18. The number of carbonyl (C=O) groups is 1. The Bertz CT molecular complexity index is 1480. The van der Waals surface area contributed by atoms with Crippen LogP contribution in [-0.2, 0) is 28.4 Å². The molecule has 1 N–H and O–H groups in total. The van der Waals surface area contributed by atoms with Crippen LogP contribution in [0.1, 0.15) is 56.3 Å². The molecular weight excluding hydrogens is 504 g/mol.